The van der Waals surface area contributed by atoms with Crippen LogP contribution in [-0.4, -0.2) is 32.8 Å². The number of hydrogen-bond donors (Lipinski definition) is 2. The summed E-state index contributed by atoms with van der Waals surface area (Å²) in [5, 5.41) is 5.64. The molecule has 2 N–H and O–H groups in total. The first-order valence-corrected chi connectivity index (χ1v) is 10.5. The van der Waals surface area contributed by atoms with Crippen molar-refractivity contribution in [1.29, 1.82) is 0 Å². The SMILES string of the molecule is COc1cc(/C=C/C(=O)Nc2ccccc2C(=O)NCc2ccc3c(c2)OCO3)cc(OC)c1. The van der Waals surface area contributed by atoms with E-state index in [0.29, 0.717) is 40.8 Å². The zero-order chi connectivity index (χ0) is 23.9. The Morgan fingerprint density at radius 2 is 1.68 bits per heavy atom. The summed E-state index contributed by atoms with van der Waals surface area (Å²) in [7, 11) is 3.12. The van der Waals surface area contributed by atoms with Crippen molar-refractivity contribution in [3.05, 3.63) is 83.4 Å². The molecule has 0 fully saturated rings. The van der Waals surface area contributed by atoms with E-state index in [1.807, 2.05) is 18.2 Å². The Morgan fingerprint density at radius 1 is 0.941 bits per heavy atom. The van der Waals surface area contributed by atoms with E-state index in [2.05, 4.69) is 10.6 Å². The fraction of sp³-hybridized carbons (Fsp3) is 0.154. The van der Waals surface area contributed by atoms with Crippen LogP contribution >= 0.6 is 0 Å². The molecule has 2 amide bonds. The quantitative estimate of drug-likeness (QED) is 0.493. The van der Waals surface area contributed by atoms with Crippen LogP contribution < -0.4 is 29.6 Å². The maximum absolute atomic E-state index is 12.8. The largest absolute Gasteiger partial charge is 0.497 e. The van der Waals surface area contributed by atoms with Gasteiger partial charge in [-0.2, -0.15) is 0 Å². The summed E-state index contributed by atoms with van der Waals surface area (Å²) in [4.78, 5) is 25.3. The minimum atomic E-state index is -0.377. The van der Waals surface area contributed by atoms with E-state index in [1.54, 1.807) is 62.8 Å². The van der Waals surface area contributed by atoms with Crippen LogP contribution in [0.15, 0.2) is 66.7 Å². The van der Waals surface area contributed by atoms with E-state index in [-0.39, 0.29) is 18.6 Å². The summed E-state index contributed by atoms with van der Waals surface area (Å²) < 4.78 is 21.2. The van der Waals surface area contributed by atoms with Gasteiger partial charge < -0.3 is 29.6 Å². The van der Waals surface area contributed by atoms with E-state index < -0.39 is 0 Å². The monoisotopic (exact) mass is 460 g/mol. The molecule has 174 valence electrons. The predicted octanol–water partition coefficient (Wildman–Crippen LogP) is 4.01. The van der Waals surface area contributed by atoms with E-state index in [9.17, 15) is 9.59 Å². The summed E-state index contributed by atoms with van der Waals surface area (Å²) >= 11 is 0. The Kier molecular flexibility index (Phi) is 6.98. The first-order valence-electron chi connectivity index (χ1n) is 10.5. The van der Waals surface area contributed by atoms with Crippen molar-refractivity contribution in [2.45, 2.75) is 6.54 Å². The molecule has 4 rings (SSSR count). The van der Waals surface area contributed by atoms with Crippen molar-refractivity contribution in [3.63, 3.8) is 0 Å². The molecule has 0 radical (unpaired) electrons. The Morgan fingerprint density at radius 3 is 2.44 bits per heavy atom. The lowest BCUT2D eigenvalue weighted by atomic mass is 10.1. The van der Waals surface area contributed by atoms with Crippen molar-refractivity contribution in [2.24, 2.45) is 0 Å². The third kappa shape index (κ3) is 5.47. The third-order valence-electron chi connectivity index (χ3n) is 5.12. The summed E-state index contributed by atoms with van der Waals surface area (Å²) in [6, 6.07) is 17.6. The maximum Gasteiger partial charge on any atom is 0.253 e. The zero-order valence-electron chi connectivity index (χ0n) is 18.8. The lowest BCUT2D eigenvalue weighted by Crippen LogP contribution is -2.24. The Labute approximate surface area is 197 Å². The topological polar surface area (TPSA) is 95.1 Å². The van der Waals surface area contributed by atoms with E-state index >= 15 is 0 Å². The molecule has 1 aliphatic rings. The van der Waals surface area contributed by atoms with Gasteiger partial charge in [0, 0.05) is 18.7 Å². The molecule has 8 nitrogen and oxygen atoms in total. The number of fused-ring (bicyclic) bond motifs is 1. The lowest BCUT2D eigenvalue weighted by molar-refractivity contribution is -0.111. The number of rotatable bonds is 8. The van der Waals surface area contributed by atoms with Gasteiger partial charge in [0.05, 0.1) is 25.5 Å². The van der Waals surface area contributed by atoms with Crippen molar-refractivity contribution in [3.8, 4) is 23.0 Å². The van der Waals surface area contributed by atoms with Gasteiger partial charge in [-0.05, 0) is 53.6 Å². The second-order valence-corrected chi connectivity index (χ2v) is 7.38. The third-order valence-corrected chi connectivity index (χ3v) is 5.12. The first-order chi connectivity index (χ1) is 16.6. The molecule has 3 aromatic carbocycles. The zero-order valence-corrected chi connectivity index (χ0v) is 18.8. The highest BCUT2D eigenvalue weighted by atomic mass is 16.7. The van der Waals surface area contributed by atoms with Crippen LogP contribution in [0.4, 0.5) is 5.69 Å². The molecule has 1 heterocycles. The molecule has 0 aromatic heterocycles. The minimum absolute atomic E-state index is 0.192. The highest BCUT2D eigenvalue weighted by Gasteiger charge is 2.15. The first kappa shape index (κ1) is 22.7. The molecule has 8 heteroatoms. The molecular weight excluding hydrogens is 436 g/mol. The van der Waals surface area contributed by atoms with E-state index in [4.69, 9.17) is 18.9 Å². The van der Waals surface area contributed by atoms with Gasteiger partial charge in [0.25, 0.3) is 5.91 Å². The molecule has 3 aromatic rings. The second-order valence-electron chi connectivity index (χ2n) is 7.38. The molecular formula is C26H24N2O6. The number of methoxy groups -OCH3 is 2. The number of carbonyl (C=O) groups is 2. The highest BCUT2D eigenvalue weighted by Crippen LogP contribution is 2.32. The fourth-order valence-corrected chi connectivity index (χ4v) is 3.39. The molecule has 0 aliphatic carbocycles. The van der Waals surface area contributed by atoms with Crippen LogP contribution in [0.25, 0.3) is 6.08 Å². The lowest BCUT2D eigenvalue weighted by Gasteiger charge is -2.11. The molecule has 0 saturated carbocycles. The van der Waals surface area contributed by atoms with Crippen LogP contribution in [0.5, 0.6) is 23.0 Å². The van der Waals surface area contributed by atoms with Gasteiger partial charge in [-0.1, -0.05) is 18.2 Å². The molecule has 0 bridgehead atoms. The van der Waals surface area contributed by atoms with Crippen LogP contribution in [0.1, 0.15) is 21.5 Å². The van der Waals surface area contributed by atoms with Gasteiger partial charge in [0.2, 0.25) is 12.7 Å². The van der Waals surface area contributed by atoms with Crippen molar-refractivity contribution in [2.75, 3.05) is 26.3 Å². The Balaban J connectivity index is 1.41. The molecule has 1 aliphatic heterocycles. The van der Waals surface area contributed by atoms with E-state index in [1.165, 1.54) is 6.08 Å². The maximum atomic E-state index is 12.8. The predicted molar refractivity (Wildman–Crippen MR) is 127 cm³/mol. The van der Waals surface area contributed by atoms with Crippen LogP contribution in [0.3, 0.4) is 0 Å². The Hall–Kier alpha value is -4.46. The molecule has 0 saturated heterocycles. The molecule has 34 heavy (non-hydrogen) atoms. The number of benzene rings is 3. The number of hydrogen-bond acceptors (Lipinski definition) is 6. The van der Waals surface area contributed by atoms with Crippen LogP contribution in [0, 0.1) is 0 Å². The van der Waals surface area contributed by atoms with Gasteiger partial charge >= 0.3 is 0 Å². The van der Waals surface area contributed by atoms with Crippen molar-refractivity contribution < 1.29 is 28.5 Å². The highest BCUT2D eigenvalue weighted by molar-refractivity contribution is 6.07. The van der Waals surface area contributed by atoms with Gasteiger partial charge in [0.15, 0.2) is 11.5 Å². The molecule has 0 unspecified atom stereocenters. The van der Waals surface area contributed by atoms with Gasteiger partial charge in [-0.25, -0.2) is 0 Å². The van der Waals surface area contributed by atoms with Crippen molar-refractivity contribution in [1.82, 2.24) is 5.32 Å². The summed E-state index contributed by atoms with van der Waals surface area (Å²) in [5.41, 5.74) is 2.37. The van der Waals surface area contributed by atoms with Crippen molar-refractivity contribution >= 4 is 23.6 Å². The number of ether oxygens (including phenoxy) is 4. The average Bonchev–Trinajstić information content (AvgIpc) is 3.34. The number of carbonyl (C=O) groups excluding carboxylic acids is 2. The average molecular weight is 460 g/mol. The molecule has 0 atom stereocenters. The normalized spacial score (nSPS) is 11.8. The van der Waals surface area contributed by atoms with E-state index in [0.717, 1.165) is 11.1 Å². The van der Waals surface area contributed by atoms with Crippen LogP contribution in [-0.2, 0) is 11.3 Å². The smallest absolute Gasteiger partial charge is 0.253 e. The van der Waals surface area contributed by atoms with Gasteiger partial charge in [-0.15, -0.1) is 0 Å². The Bertz CT molecular complexity index is 1220. The van der Waals surface area contributed by atoms with Crippen LogP contribution in [0.2, 0.25) is 0 Å². The fourth-order valence-electron chi connectivity index (χ4n) is 3.39. The number of amides is 2. The second kappa shape index (κ2) is 10.4. The summed E-state index contributed by atoms with van der Waals surface area (Å²) in [5.74, 6) is 1.88. The minimum Gasteiger partial charge on any atom is -0.497 e. The number of nitrogens with one attached hydrogen (secondary N) is 2. The number of para-hydroxylation sites is 1. The summed E-state index contributed by atoms with van der Waals surface area (Å²) in [6.07, 6.45) is 3.03. The standard InChI is InChI=1S/C26H24N2O6/c1-31-19-11-17(12-20(14-19)32-2)8-10-25(29)28-22-6-4-3-5-21(22)26(30)27-15-18-7-9-23-24(13-18)34-16-33-23/h3-14H,15-16H2,1-2H3,(H,27,30)(H,28,29)/b10-8+. The summed E-state index contributed by atoms with van der Waals surface area (Å²) in [6.45, 7) is 0.493. The van der Waals surface area contributed by atoms with Gasteiger partial charge in [0.1, 0.15) is 11.5 Å². The molecule has 0 spiro atoms. The van der Waals surface area contributed by atoms with Gasteiger partial charge in [-0.3, -0.25) is 9.59 Å². The number of anilines is 1.